The van der Waals surface area contributed by atoms with Gasteiger partial charge in [-0.15, -0.1) is 0 Å². The SMILES string of the molecule is CC(C)(C)NC(=O)C1CCCN(C(=O)NC2CCCCC2)C1. The van der Waals surface area contributed by atoms with Crippen LogP contribution in [0.25, 0.3) is 0 Å². The van der Waals surface area contributed by atoms with Crippen molar-refractivity contribution in [3.8, 4) is 0 Å². The molecule has 126 valence electrons. The molecular weight excluding hydrogens is 278 g/mol. The van der Waals surface area contributed by atoms with Crippen molar-refractivity contribution in [2.75, 3.05) is 13.1 Å². The van der Waals surface area contributed by atoms with Gasteiger partial charge in [-0.1, -0.05) is 19.3 Å². The van der Waals surface area contributed by atoms with Crippen molar-refractivity contribution < 1.29 is 9.59 Å². The van der Waals surface area contributed by atoms with E-state index in [1.165, 1.54) is 19.3 Å². The summed E-state index contributed by atoms with van der Waals surface area (Å²) in [7, 11) is 0. The molecule has 5 nitrogen and oxygen atoms in total. The maximum atomic E-state index is 12.4. The molecular formula is C17H31N3O2. The number of likely N-dealkylation sites (tertiary alicyclic amines) is 1. The smallest absolute Gasteiger partial charge is 0.317 e. The fraction of sp³-hybridized carbons (Fsp3) is 0.882. The standard InChI is InChI=1S/C17H31N3O2/c1-17(2,3)19-15(21)13-8-7-11-20(12-13)16(22)18-14-9-5-4-6-10-14/h13-14H,4-12H2,1-3H3,(H,18,22)(H,19,21). The third-order valence-corrected chi connectivity index (χ3v) is 4.51. The summed E-state index contributed by atoms with van der Waals surface area (Å²) in [5, 5.41) is 6.18. The molecule has 1 heterocycles. The molecule has 0 aromatic rings. The van der Waals surface area contributed by atoms with Crippen LogP contribution in [0.15, 0.2) is 0 Å². The zero-order valence-corrected chi connectivity index (χ0v) is 14.3. The lowest BCUT2D eigenvalue weighted by Gasteiger charge is -2.35. The zero-order valence-electron chi connectivity index (χ0n) is 14.3. The number of carbonyl (C=O) groups excluding carboxylic acids is 2. The first-order chi connectivity index (χ1) is 10.3. The molecule has 22 heavy (non-hydrogen) atoms. The van der Waals surface area contributed by atoms with Crippen LogP contribution >= 0.6 is 0 Å². The molecule has 3 amide bonds. The lowest BCUT2D eigenvalue weighted by molar-refractivity contribution is -0.127. The molecule has 0 aromatic heterocycles. The number of urea groups is 1. The molecule has 2 N–H and O–H groups in total. The summed E-state index contributed by atoms with van der Waals surface area (Å²) in [4.78, 5) is 26.5. The summed E-state index contributed by atoms with van der Waals surface area (Å²) in [6.45, 7) is 7.27. The highest BCUT2D eigenvalue weighted by Gasteiger charge is 2.30. The lowest BCUT2D eigenvalue weighted by Crippen LogP contribution is -2.53. The van der Waals surface area contributed by atoms with Gasteiger partial charge in [0.15, 0.2) is 0 Å². The molecule has 5 heteroatoms. The van der Waals surface area contributed by atoms with E-state index in [1.807, 2.05) is 25.7 Å². The Morgan fingerprint density at radius 2 is 1.68 bits per heavy atom. The minimum atomic E-state index is -0.219. The van der Waals surface area contributed by atoms with Crippen molar-refractivity contribution in [1.29, 1.82) is 0 Å². The summed E-state index contributed by atoms with van der Waals surface area (Å²) < 4.78 is 0. The van der Waals surface area contributed by atoms with Crippen LogP contribution in [0.1, 0.15) is 65.7 Å². The van der Waals surface area contributed by atoms with E-state index in [4.69, 9.17) is 0 Å². The molecule has 2 fully saturated rings. The largest absolute Gasteiger partial charge is 0.351 e. The zero-order chi connectivity index (χ0) is 16.2. The van der Waals surface area contributed by atoms with Crippen molar-refractivity contribution in [3.05, 3.63) is 0 Å². The Labute approximate surface area is 134 Å². The van der Waals surface area contributed by atoms with Crippen molar-refractivity contribution in [3.63, 3.8) is 0 Å². The van der Waals surface area contributed by atoms with E-state index in [0.29, 0.717) is 12.6 Å². The number of hydrogen-bond donors (Lipinski definition) is 2. The normalized spacial score (nSPS) is 24.0. The van der Waals surface area contributed by atoms with E-state index >= 15 is 0 Å². The molecule has 2 aliphatic rings. The number of rotatable bonds is 2. The summed E-state index contributed by atoms with van der Waals surface area (Å²) >= 11 is 0. The van der Waals surface area contributed by atoms with Crippen molar-refractivity contribution in [2.45, 2.75) is 77.3 Å². The van der Waals surface area contributed by atoms with Gasteiger partial charge in [-0.3, -0.25) is 4.79 Å². The van der Waals surface area contributed by atoms with Crippen molar-refractivity contribution in [2.24, 2.45) is 5.92 Å². The van der Waals surface area contributed by atoms with Crippen LogP contribution in [0.2, 0.25) is 0 Å². The number of amides is 3. The van der Waals surface area contributed by atoms with Crippen molar-refractivity contribution in [1.82, 2.24) is 15.5 Å². The maximum absolute atomic E-state index is 12.4. The third-order valence-electron chi connectivity index (χ3n) is 4.51. The van der Waals surface area contributed by atoms with Gasteiger partial charge in [0.05, 0.1) is 5.92 Å². The van der Waals surface area contributed by atoms with Gasteiger partial charge in [0.2, 0.25) is 5.91 Å². The molecule has 1 unspecified atom stereocenters. The predicted octanol–water partition coefficient (Wildman–Crippen LogP) is 2.66. The Kier molecular flexibility index (Phi) is 5.70. The topological polar surface area (TPSA) is 61.4 Å². The monoisotopic (exact) mass is 309 g/mol. The Hall–Kier alpha value is -1.26. The second kappa shape index (κ2) is 7.34. The number of hydrogen-bond acceptors (Lipinski definition) is 2. The highest BCUT2D eigenvalue weighted by molar-refractivity contribution is 5.81. The quantitative estimate of drug-likeness (QED) is 0.824. The fourth-order valence-electron chi connectivity index (χ4n) is 3.36. The predicted molar refractivity (Wildman–Crippen MR) is 87.6 cm³/mol. The Balaban J connectivity index is 1.84. The lowest BCUT2D eigenvalue weighted by atomic mass is 9.95. The van der Waals surface area contributed by atoms with Gasteiger partial charge in [-0.05, 0) is 46.5 Å². The summed E-state index contributed by atoms with van der Waals surface area (Å²) in [6.07, 6.45) is 7.66. The second-order valence-electron chi connectivity index (χ2n) is 7.81. The minimum absolute atomic E-state index is 0.0140. The average molecular weight is 309 g/mol. The van der Waals surface area contributed by atoms with E-state index < -0.39 is 0 Å². The van der Waals surface area contributed by atoms with Crippen LogP contribution in [-0.2, 0) is 4.79 Å². The molecule has 1 atom stereocenters. The molecule has 1 aliphatic carbocycles. The Bertz CT molecular complexity index is 397. The van der Waals surface area contributed by atoms with Crippen molar-refractivity contribution >= 4 is 11.9 Å². The second-order valence-corrected chi connectivity index (χ2v) is 7.81. The molecule has 0 spiro atoms. The van der Waals surface area contributed by atoms with Gasteiger partial charge in [-0.2, -0.15) is 0 Å². The number of piperidine rings is 1. The van der Waals surface area contributed by atoms with Gasteiger partial charge in [0, 0.05) is 24.7 Å². The maximum Gasteiger partial charge on any atom is 0.317 e. The first kappa shape index (κ1) is 17.1. The van der Waals surface area contributed by atoms with Crippen LogP contribution in [0.4, 0.5) is 4.79 Å². The van der Waals surface area contributed by atoms with Crippen LogP contribution in [0, 0.1) is 5.92 Å². The summed E-state index contributed by atoms with van der Waals surface area (Å²) in [6, 6.07) is 0.338. The molecule has 1 saturated heterocycles. The molecule has 0 radical (unpaired) electrons. The van der Waals surface area contributed by atoms with Gasteiger partial charge >= 0.3 is 6.03 Å². The molecule has 2 rings (SSSR count). The van der Waals surface area contributed by atoms with Crippen LogP contribution in [-0.4, -0.2) is 41.5 Å². The van der Waals surface area contributed by atoms with E-state index in [2.05, 4.69) is 10.6 Å². The van der Waals surface area contributed by atoms with Crippen LogP contribution in [0.3, 0.4) is 0 Å². The molecule has 1 saturated carbocycles. The minimum Gasteiger partial charge on any atom is -0.351 e. The molecule has 0 bridgehead atoms. The van der Waals surface area contributed by atoms with Crippen LogP contribution in [0.5, 0.6) is 0 Å². The Morgan fingerprint density at radius 3 is 2.32 bits per heavy atom. The van der Waals surface area contributed by atoms with Gasteiger partial charge in [0.25, 0.3) is 0 Å². The first-order valence-electron chi connectivity index (χ1n) is 8.72. The molecule has 0 aromatic carbocycles. The van der Waals surface area contributed by atoms with E-state index in [0.717, 1.165) is 32.2 Å². The Morgan fingerprint density at radius 1 is 1.00 bits per heavy atom. The summed E-state index contributed by atoms with van der Waals surface area (Å²) in [5.74, 6) is -0.00672. The van der Waals surface area contributed by atoms with E-state index in [9.17, 15) is 9.59 Å². The van der Waals surface area contributed by atoms with Crippen LogP contribution < -0.4 is 10.6 Å². The highest BCUT2D eigenvalue weighted by Crippen LogP contribution is 2.20. The summed E-state index contributed by atoms with van der Waals surface area (Å²) in [5.41, 5.74) is -0.219. The molecule has 1 aliphatic heterocycles. The van der Waals surface area contributed by atoms with Gasteiger partial charge in [-0.25, -0.2) is 4.79 Å². The number of nitrogens with zero attached hydrogens (tertiary/aromatic N) is 1. The van der Waals surface area contributed by atoms with Gasteiger partial charge in [0.1, 0.15) is 0 Å². The average Bonchev–Trinajstić information content (AvgIpc) is 2.46. The number of nitrogens with one attached hydrogen (secondary N) is 2. The first-order valence-corrected chi connectivity index (χ1v) is 8.72. The highest BCUT2D eigenvalue weighted by atomic mass is 16.2. The van der Waals surface area contributed by atoms with Gasteiger partial charge < -0.3 is 15.5 Å². The number of carbonyl (C=O) groups is 2. The fourth-order valence-corrected chi connectivity index (χ4v) is 3.36. The van der Waals surface area contributed by atoms with E-state index in [-0.39, 0.29) is 23.4 Å². The van der Waals surface area contributed by atoms with E-state index in [1.54, 1.807) is 0 Å². The third kappa shape index (κ3) is 5.18.